The van der Waals surface area contributed by atoms with Crippen LogP contribution in [0.25, 0.3) is 10.9 Å². The molecule has 0 aliphatic rings. The molecule has 0 saturated carbocycles. The second-order valence-electron chi connectivity index (χ2n) is 7.36. The molecule has 8 heteroatoms. The number of carbonyl (C=O) groups is 1. The van der Waals surface area contributed by atoms with Crippen LogP contribution in [0.3, 0.4) is 0 Å². The molecule has 0 aliphatic heterocycles. The average molecular weight is 404 g/mol. The van der Waals surface area contributed by atoms with Gasteiger partial charge in [-0.2, -0.15) is 0 Å². The molecule has 3 aromatic rings. The molecule has 3 rings (SSSR count). The van der Waals surface area contributed by atoms with Gasteiger partial charge in [-0.3, -0.25) is 10.3 Å². The zero-order chi connectivity index (χ0) is 20.5. The van der Waals surface area contributed by atoms with Gasteiger partial charge in [0.1, 0.15) is 23.0 Å². The Kier molecular flexibility index (Phi) is 5.62. The van der Waals surface area contributed by atoms with Crippen molar-refractivity contribution in [3.8, 4) is 5.75 Å². The molecule has 0 aliphatic carbocycles. The van der Waals surface area contributed by atoms with Crippen molar-refractivity contribution in [2.75, 3.05) is 11.6 Å². The quantitative estimate of drug-likeness (QED) is 0.605. The van der Waals surface area contributed by atoms with E-state index < -0.39 is 11.7 Å². The van der Waals surface area contributed by atoms with Crippen molar-refractivity contribution in [2.24, 2.45) is 0 Å². The van der Waals surface area contributed by atoms with Crippen LogP contribution >= 0.6 is 11.3 Å². The van der Waals surface area contributed by atoms with Gasteiger partial charge in [0.15, 0.2) is 0 Å². The molecule has 0 radical (unpaired) electrons. The van der Waals surface area contributed by atoms with Gasteiger partial charge < -0.3 is 9.47 Å². The Labute approximate surface area is 168 Å². The maximum absolute atomic E-state index is 12.8. The van der Waals surface area contributed by atoms with Crippen LogP contribution in [0.2, 0.25) is 0 Å². The van der Waals surface area contributed by atoms with E-state index in [1.54, 1.807) is 25.3 Å². The molecular weight excluding hydrogens is 378 g/mol. The second kappa shape index (κ2) is 7.81. The van der Waals surface area contributed by atoms with Crippen LogP contribution in [0.5, 0.6) is 5.75 Å². The first kappa shape index (κ1) is 20.2. The van der Waals surface area contributed by atoms with Gasteiger partial charge in [-0.15, -0.1) is 11.3 Å². The minimum absolute atomic E-state index is 0.362. The lowest BCUT2D eigenvalue weighted by atomic mass is 10.2. The number of anilines is 1. The summed E-state index contributed by atoms with van der Waals surface area (Å²) in [5.41, 5.74) is 1.19. The number of fused-ring (bicyclic) bond motifs is 1. The van der Waals surface area contributed by atoms with Gasteiger partial charge in [-0.25, -0.2) is 14.3 Å². The fourth-order valence-electron chi connectivity index (χ4n) is 2.97. The molecule has 0 saturated heterocycles. The van der Waals surface area contributed by atoms with Crippen molar-refractivity contribution in [1.29, 1.82) is 0 Å². The molecule has 0 spiro atoms. The normalized spacial score (nSPS) is 11.6. The lowest BCUT2D eigenvalue weighted by Gasteiger charge is -2.21. The molecule has 150 valence electrons. The van der Waals surface area contributed by atoms with Crippen LogP contribution in [-0.4, -0.2) is 33.0 Å². The number of ether oxygens (including phenoxy) is 2. The van der Waals surface area contributed by atoms with Crippen molar-refractivity contribution in [3.05, 3.63) is 40.5 Å². The summed E-state index contributed by atoms with van der Waals surface area (Å²) in [5, 5.41) is 15.0. The van der Waals surface area contributed by atoms with Crippen LogP contribution in [0.1, 0.15) is 38.4 Å². The number of benzene rings is 1. The summed E-state index contributed by atoms with van der Waals surface area (Å²) >= 11 is 1.52. The number of carbonyl (C=O) groups excluding carboxylic acids is 1. The highest BCUT2D eigenvalue weighted by atomic mass is 32.1. The van der Waals surface area contributed by atoms with Crippen LogP contribution in [-0.2, 0) is 11.3 Å². The summed E-state index contributed by atoms with van der Waals surface area (Å²) < 4.78 is 12.9. The summed E-state index contributed by atoms with van der Waals surface area (Å²) in [5.74, 6) is 0.634. The summed E-state index contributed by atoms with van der Waals surface area (Å²) in [6.07, 6.45) is 1.25. The molecule has 1 N–H and O–H groups in total. The average Bonchev–Trinajstić information content (AvgIpc) is 3.22. The van der Waals surface area contributed by atoms with E-state index in [0.717, 1.165) is 10.1 Å². The third-order valence-electron chi connectivity index (χ3n) is 4.12. The SMILES string of the molecule is CCN(O)c1c(C)n(C(=O)OC(C)(C)C)c2ccc(OCc3nccs3)cc12. The third-order valence-corrected chi connectivity index (χ3v) is 4.87. The van der Waals surface area contributed by atoms with E-state index in [1.807, 2.05) is 39.1 Å². The number of aromatic nitrogens is 2. The van der Waals surface area contributed by atoms with Crippen molar-refractivity contribution in [1.82, 2.24) is 9.55 Å². The smallest absolute Gasteiger partial charge is 0.419 e. The van der Waals surface area contributed by atoms with E-state index >= 15 is 0 Å². The highest BCUT2D eigenvalue weighted by Gasteiger charge is 2.25. The predicted molar refractivity (Wildman–Crippen MR) is 110 cm³/mol. The Balaban J connectivity index is 2.04. The third kappa shape index (κ3) is 4.13. The van der Waals surface area contributed by atoms with E-state index in [2.05, 4.69) is 4.98 Å². The van der Waals surface area contributed by atoms with Gasteiger partial charge >= 0.3 is 6.09 Å². The Morgan fingerprint density at radius 2 is 2.11 bits per heavy atom. The van der Waals surface area contributed by atoms with Crippen molar-refractivity contribution >= 4 is 34.0 Å². The van der Waals surface area contributed by atoms with Crippen LogP contribution in [0.4, 0.5) is 10.5 Å². The summed E-state index contributed by atoms with van der Waals surface area (Å²) in [6.45, 7) is 9.82. The zero-order valence-electron chi connectivity index (χ0n) is 16.7. The van der Waals surface area contributed by atoms with E-state index in [1.165, 1.54) is 15.9 Å². The Hall–Kier alpha value is -2.58. The summed E-state index contributed by atoms with van der Waals surface area (Å²) in [7, 11) is 0. The Morgan fingerprint density at radius 1 is 1.36 bits per heavy atom. The molecule has 2 heterocycles. The van der Waals surface area contributed by atoms with E-state index in [4.69, 9.17) is 9.47 Å². The molecule has 1 aromatic carbocycles. The fourth-order valence-corrected chi connectivity index (χ4v) is 3.49. The monoisotopic (exact) mass is 403 g/mol. The number of hydrogen-bond acceptors (Lipinski definition) is 7. The highest BCUT2D eigenvalue weighted by Crippen LogP contribution is 2.36. The first-order valence-corrected chi connectivity index (χ1v) is 9.95. The van der Waals surface area contributed by atoms with Crippen molar-refractivity contribution in [2.45, 2.75) is 46.8 Å². The fraction of sp³-hybridized carbons (Fsp3) is 0.400. The second-order valence-corrected chi connectivity index (χ2v) is 8.34. The van der Waals surface area contributed by atoms with Gasteiger partial charge in [0.25, 0.3) is 0 Å². The predicted octanol–water partition coefficient (Wildman–Crippen LogP) is 4.98. The van der Waals surface area contributed by atoms with Crippen LogP contribution < -0.4 is 9.80 Å². The molecule has 0 atom stereocenters. The molecule has 28 heavy (non-hydrogen) atoms. The molecular formula is C20H25N3O4S. The zero-order valence-corrected chi connectivity index (χ0v) is 17.5. The number of nitrogens with zero attached hydrogens (tertiary/aromatic N) is 3. The number of rotatable bonds is 5. The lowest BCUT2D eigenvalue weighted by Crippen LogP contribution is -2.28. The van der Waals surface area contributed by atoms with Crippen molar-refractivity contribution < 1.29 is 19.5 Å². The standard InChI is InChI=1S/C20H25N3O4S/c1-6-22(25)18-13(2)23(19(24)27-20(3,4)5)16-8-7-14(11-15(16)18)26-12-17-21-9-10-28-17/h7-11,25H,6,12H2,1-5H3. The number of hydroxylamine groups is 1. The van der Waals surface area contributed by atoms with Gasteiger partial charge in [0.05, 0.1) is 16.9 Å². The highest BCUT2D eigenvalue weighted by molar-refractivity contribution is 7.09. The van der Waals surface area contributed by atoms with Gasteiger partial charge in [-0.1, -0.05) is 0 Å². The minimum Gasteiger partial charge on any atom is -0.486 e. The molecule has 0 fully saturated rings. The maximum Gasteiger partial charge on any atom is 0.419 e. The molecule has 0 unspecified atom stereocenters. The number of hydrogen-bond donors (Lipinski definition) is 1. The van der Waals surface area contributed by atoms with E-state index in [9.17, 15) is 10.0 Å². The Morgan fingerprint density at radius 3 is 2.71 bits per heavy atom. The first-order chi connectivity index (χ1) is 13.2. The summed E-state index contributed by atoms with van der Waals surface area (Å²) in [4.78, 5) is 17.0. The largest absolute Gasteiger partial charge is 0.486 e. The molecule has 0 amide bonds. The van der Waals surface area contributed by atoms with E-state index in [-0.39, 0.29) is 0 Å². The topological polar surface area (TPSA) is 76.8 Å². The number of thiazole rings is 1. The minimum atomic E-state index is -0.624. The summed E-state index contributed by atoms with van der Waals surface area (Å²) in [6, 6.07) is 5.43. The van der Waals surface area contributed by atoms with Gasteiger partial charge in [0, 0.05) is 23.5 Å². The lowest BCUT2D eigenvalue weighted by molar-refractivity contribution is 0.0541. The molecule has 0 bridgehead atoms. The van der Waals surface area contributed by atoms with Crippen LogP contribution in [0, 0.1) is 6.92 Å². The molecule has 2 aromatic heterocycles. The Bertz CT molecular complexity index is 974. The van der Waals surface area contributed by atoms with Crippen LogP contribution in [0.15, 0.2) is 29.8 Å². The first-order valence-electron chi connectivity index (χ1n) is 9.07. The molecule has 7 nitrogen and oxygen atoms in total. The van der Waals surface area contributed by atoms with Gasteiger partial charge in [0.2, 0.25) is 0 Å². The maximum atomic E-state index is 12.8. The van der Waals surface area contributed by atoms with Crippen molar-refractivity contribution in [3.63, 3.8) is 0 Å². The van der Waals surface area contributed by atoms with E-state index in [0.29, 0.717) is 41.2 Å². The van der Waals surface area contributed by atoms with Gasteiger partial charge in [-0.05, 0) is 52.8 Å².